The normalized spacial score (nSPS) is 12.8. The van der Waals surface area contributed by atoms with E-state index in [9.17, 15) is 0 Å². The van der Waals surface area contributed by atoms with E-state index in [4.69, 9.17) is 5.73 Å². The van der Waals surface area contributed by atoms with Gasteiger partial charge in [-0.05, 0) is 12.7 Å². The van der Waals surface area contributed by atoms with Crippen LogP contribution in [0.2, 0.25) is 0 Å². The number of amidine groups is 1. The number of anilines is 1. The second-order valence-electron chi connectivity index (χ2n) is 3.30. The number of guanidine groups is 1. The molecule has 0 radical (unpaired) electrons. The smallest absolute Gasteiger partial charge is 0.217 e. The Balaban J connectivity index is 2.56. The van der Waals surface area contributed by atoms with Crippen LogP contribution < -0.4 is 11.1 Å². The van der Waals surface area contributed by atoms with Crippen molar-refractivity contribution in [2.45, 2.75) is 19.8 Å². The van der Waals surface area contributed by atoms with Crippen LogP contribution >= 0.6 is 11.8 Å². The van der Waals surface area contributed by atoms with E-state index in [1.807, 2.05) is 6.26 Å². The van der Waals surface area contributed by atoms with Crippen molar-refractivity contribution in [1.29, 1.82) is 0 Å². The van der Waals surface area contributed by atoms with E-state index in [1.54, 1.807) is 12.5 Å². The maximum atomic E-state index is 5.70. The number of aliphatic imine (C=N–C) groups is 2. The number of imidazole rings is 1. The molecule has 0 aromatic carbocycles. The second-order valence-corrected chi connectivity index (χ2v) is 4.10. The van der Waals surface area contributed by atoms with Gasteiger partial charge in [0.05, 0.1) is 12.5 Å². The van der Waals surface area contributed by atoms with Crippen molar-refractivity contribution in [1.82, 2.24) is 9.97 Å². The molecule has 0 amide bonds. The molecule has 0 unspecified atom stereocenters. The molecule has 0 saturated carbocycles. The van der Waals surface area contributed by atoms with Gasteiger partial charge < -0.3 is 16.0 Å². The van der Waals surface area contributed by atoms with Crippen molar-refractivity contribution >= 4 is 28.7 Å². The van der Waals surface area contributed by atoms with Gasteiger partial charge in [-0.25, -0.2) is 4.98 Å². The van der Waals surface area contributed by atoms with Crippen molar-refractivity contribution in [3.8, 4) is 0 Å². The molecule has 1 aromatic heterocycles. The fraction of sp³-hybridized carbons (Fsp3) is 0.500. The molecule has 17 heavy (non-hydrogen) atoms. The van der Waals surface area contributed by atoms with Crippen LogP contribution in [0.5, 0.6) is 0 Å². The summed E-state index contributed by atoms with van der Waals surface area (Å²) in [5, 5.41) is 3.75. The third-order valence-corrected chi connectivity index (χ3v) is 2.51. The van der Waals surface area contributed by atoms with Crippen LogP contribution in [0.25, 0.3) is 0 Å². The van der Waals surface area contributed by atoms with Gasteiger partial charge in [-0.3, -0.25) is 4.99 Å². The zero-order chi connectivity index (χ0) is 12.5. The Morgan fingerprint density at radius 3 is 3.06 bits per heavy atom. The van der Waals surface area contributed by atoms with Crippen LogP contribution in [-0.2, 0) is 0 Å². The molecule has 1 heterocycles. The van der Waals surface area contributed by atoms with Crippen LogP contribution in [0.3, 0.4) is 0 Å². The minimum absolute atomic E-state index is 0.301. The second kappa shape index (κ2) is 7.72. The molecular weight excluding hydrogens is 236 g/mol. The lowest BCUT2D eigenvalue weighted by atomic mass is 10.3. The standard InChI is InChI=1S/C10H18N6S/c1-3-4-5-13-9(11)16-10(17-2)15-8-6-12-7-14-8/h6-7H,3-5H2,1-2H3,(H,12,14)(H3,11,13,15,16). The molecule has 1 aromatic rings. The molecule has 0 saturated heterocycles. The molecule has 0 aliphatic heterocycles. The summed E-state index contributed by atoms with van der Waals surface area (Å²) in [4.78, 5) is 15.2. The van der Waals surface area contributed by atoms with Crippen LogP contribution in [-0.4, -0.2) is 33.9 Å². The predicted molar refractivity (Wildman–Crippen MR) is 74.6 cm³/mol. The molecular formula is C10H18N6S. The molecule has 1 rings (SSSR count). The largest absolute Gasteiger partial charge is 0.368 e. The number of nitrogens with one attached hydrogen (secondary N) is 2. The van der Waals surface area contributed by atoms with Crippen molar-refractivity contribution in [3.05, 3.63) is 12.5 Å². The Labute approximate surface area is 105 Å². The van der Waals surface area contributed by atoms with Gasteiger partial charge in [0.1, 0.15) is 5.82 Å². The number of thioether (sulfide) groups is 1. The molecule has 0 fully saturated rings. The van der Waals surface area contributed by atoms with Gasteiger partial charge in [0.25, 0.3) is 0 Å². The van der Waals surface area contributed by atoms with Crippen molar-refractivity contribution in [2.75, 3.05) is 18.1 Å². The minimum Gasteiger partial charge on any atom is -0.368 e. The fourth-order valence-electron chi connectivity index (χ4n) is 1.06. The first-order valence-corrected chi connectivity index (χ1v) is 6.66. The van der Waals surface area contributed by atoms with Gasteiger partial charge in [-0.15, -0.1) is 0 Å². The number of hydrogen-bond acceptors (Lipinski definition) is 3. The number of H-pyrrole nitrogens is 1. The number of unbranched alkanes of at least 4 members (excludes halogenated alkanes) is 1. The van der Waals surface area contributed by atoms with E-state index >= 15 is 0 Å². The average molecular weight is 254 g/mol. The maximum Gasteiger partial charge on any atom is 0.217 e. The Kier molecular flexibility index (Phi) is 6.16. The van der Waals surface area contributed by atoms with E-state index in [1.165, 1.54) is 11.8 Å². The van der Waals surface area contributed by atoms with Crippen LogP contribution in [0, 0.1) is 0 Å². The lowest BCUT2D eigenvalue weighted by Gasteiger charge is -2.04. The molecule has 4 N–H and O–H groups in total. The monoisotopic (exact) mass is 254 g/mol. The first-order chi connectivity index (χ1) is 8.26. The topological polar surface area (TPSA) is 91.4 Å². The highest BCUT2D eigenvalue weighted by Crippen LogP contribution is 2.05. The molecule has 0 aliphatic rings. The van der Waals surface area contributed by atoms with E-state index in [-0.39, 0.29) is 0 Å². The average Bonchev–Trinajstić information content (AvgIpc) is 2.81. The van der Waals surface area contributed by atoms with Gasteiger partial charge in [-0.1, -0.05) is 25.1 Å². The van der Waals surface area contributed by atoms with Crippen molar-refractivity contribution in [2.24, 2.45) is 15.7 Å². The summed E-state index contributed by atoms with van der Waals surface area (Å²) in [5.41, 5.74) is 5.70. The third-order valence-electron chi connectivity index (χ3n) is 1.93. The number of rotatable bonds is 4. The fourth-order valence-corrected chi connectivity index (χ4v) is 1.45. The van der Waals surface area contributed by atoms with Gasteiger partial charge in [-0.2, -0.15) is 4.99 Å². The van der Waals surface area contributed by atoms with Crippen LogP contribution in [0.4, 0.5) is 5.82 Å². The molecule has 0 atom stereocenters. The third kappa shape index (κ3) is 5.39. The Morgan fingerprint density at radius 2 is 2.47 bits per heavy atom. The van der Waals surface area contributed by atoms with E-state index in [2.05, 4.69) is 32.2 Å². The summed E-state index contributed by atoms with van der Waals surface area (Å²) in [7, 11) is 0. The van der Waals surface area contributed by atoms with Crippen LogP contribution in [0.15, 0.2) is 22.5 Å². The van der Waals surface area contributed by atoms with Gasteiger partial charge in [0.2, 0.25) is 5.96 Å². The Morgan fingerprint density at radius 1 is 1.65 bits per heavy atom. The predicted octanol–water partition coefficient (Wildman–Crippen LogP) is 1.66. The highest BCUT2D eigenvalue weighted by molar-refractivity contribution is 8.13. The minimum atomic E-state index is 0.301. The molecule has 6 nitrogen and oxygen atoms in total. The zero-order valence-corrected chi connectivity index (χ0v) is 10.9. The Bertz CT molecular complexity index is 370. The number of hydrogen-bond donors (Lipinski definition) is 3. The summed E-state index contributed by atoms with van der Waals surface area (Å²) >= 11 is 1.47. The summed E-state index contributed by atoms with van der Waals surface area (Å²) in [6, 6.07) is 0. The van der Waals surface area contributed by atoms with Gasteiger partial charge in [0, 0.05) is 6.54 Å². The zero-order valence-electron chi connectivity index (χ0n) is 10.1. The van der Waals surface area contributed by atoms with Crippen molar-refractivity contribution < 1.29 is 0 Å². The summed E-state index contributed by atoms with van der Waals surface area (Å²) < 4.78 is 0. The first-order valence-electron chi connectivity index (χ1n) is 5.44. The summed E-state index contributed by atoms with van der Waals surface area (Å²) in [6.45, 7) is 2.83. The van der Waals surface area contributed by atoms with E-state index < -0.39 is 0 Å². The lowest BCUT2D eigenvalue weighted by molar-refractivity contribution is 0.806. The molecule has 0 aliphatic carbocycles. The first kappa shape index (κ1) is 13.6. The number of aromatic nitrogens is 2. The summed E-state index contributed by atoms with van der Waals surface area (Å²) in [5.74, 6) is 1.08. The highest BCUT2D eigenvalue weighted by atomic mass is 32.2. The van der Waals surface area contributed by atoms with Crippen LogP contribution in [0.1, 0.15) is 19.8 Å². The van der Waals surface area contributed by atoms with E-state index in [0.29, 0.717) is 11.1 Å². The van der Waals surface area contributed by atoms with Crippen molar-refractivity contribution in [3.63, 3.8) is 0 Å². The van der Waals surface area contributed by atoms with Gasteiger partial charge in [0.15, 0.2) is 5.17 Å². The number of nitrogens with two attached hydrogens (primary N) is 1. The number of aromatic amines is 1. The summed E-state index contributed by atoms with van der Waals surface area (Å²) in [6.07, 6.45) is 7.32. The lowest BCUT2D eigenvalue weighted by Crippen LogP contribution is -2.16. The molecule has 0 bridgehead atoms. The van der Waals surface area contributed by atoms with E-state index in [0.717, 1.165) is 25.2 Å². The SMILES string of the molecule is CCCCN=C(N)/N=C(/Nc1cnc[nH]1)SC. The van der Waals surface area contributed by atoms with Gasteiger partial charge >= 0.3 is 0 Å². The Hall–Kier alpha value is -1.50. The molecule has 0 spiro atoms. The quantitative estimate of drug-likeness (QED) is 0.433. The molecule has 94 valence electrons. The highest BCUT2D eigenvalue weighted by Gasteiger charge is 2.00. The number of nitrogens with zero attached hydrogens (tertiary/aromatic N) is 3. The maximum absolute atomic E-state index is 5.70. The molecule has 7 heteroatoms.